The van der Waals surface area contributed by atoms with Crippen LogP contribution in [-0.2, 0) is 11.0 Å². The number of alkyl halides is 3. The predicted molar refractivity (Wildman–Crippen MR) is 135 cm³/mol. The second-order valence-corrected chi connectivity index (χ2v) is 8.58. The first-order valence-corrected chi connectivity index (χ1v) is 11.6. The van der Waals surface area contributed by atoms with Gasteiger partial charge in [0.15, 0.2) is 0 Å². The van der Waals surface area contributed by atoms with Crippen molar-refractivity contribution in [3.63, 3.8) is 0 Å². The number of carboxylic acid groups (broad SMARTS) is 1. The molecule has 0 aliphatic rings. The van der Waals surface area contributed by atoms with Gasteiger partial charge in [-0.3, -0.25) is 4.98 Å². The number of carbonyl (C=O) groups is 1. The molecule has 3 aromatic rings. The van der Waals surface area contributed by atoms with Crippen LogP contribution in [0.15, 0.2) is 72.9 Å². The van der Waals surface area contributed by atoms with Crippen molar-refractivity contribution >= 4 is 17.1 Å². The van der Waals surface area contributed by atoms with Gasteiger partial charge in [0.1, 0.15) is 5.75 Å². The number of aliphatic carboxylic acids is 1. The Morgan fingerprint density at radius 3 is 2.25 bits per heavy atom. The average molecular weight is 496 g/mol. The number of hydrogen-bond acceptors (Lipinski definition) is 3. The Morgan fingerprint density at radius 1 is 1.06 bits per heavy atom. The minimum Gasteiger partial charge on any atom is -0.491 e. The van der Waals surface area contributed by atoms with Gasteiger partial charge in [0.25, 0.3) is 0 Å². The molecule has 0 atom stereocenters. The molecule has 3 rings (SSSR count). The highest BCUT2D eigenvalue weighted by Gasteiger charge is 2.31. The van der Waals surface area contributed by atoms with E-state index in [0.717, 1.165) is 29.0 Å². The summed E-state index contributed by atoms with van der Waals surface area (Å²) in [5, 5.41) is 9.87. The van der Waals surface area contributed by atoms with E-state index < -0.39 is 17.7 Å². The number of ether oxygens (including phenoxy) is 1. The van der Waals surface area contributed by atoms with Crippen LogP contribution in [0, 0.1) is 6.92 Å². The zero-order chi connectivity index (χ0) is 26.5. The van der Waals surface area contributed by atoms with Crippen molar-refractivity contribution in [3.8, 4) is 16.9 Å². The van der Waals surface area contributed by atoms with Gasteiger partial charge in [-0.15, -0.1) is 0 Å². The van der Waals surface area contributed by atoms with Crippen LogP contribution in [0.25, 0.3) is 22.3 Å². The highest BCUT2D eigenvalue weighted by Crippen LogP contribution is 2.33. The molecule has 0 fully saturated rings. The van der Waals surface area contributed by atoms with E-state index in [2.05, 4.69) is 4.98 Å². The van der Waals surface area contributed by atoms with E-state index in [0.29, 0.717) is 23.3 Å². The molecule has 0 radical (unpaired) electrons. The molecule has 4 nitrogen and oxygen atoms in total. The molecular weight excluding hydrogens is 467 g/mol. The molecule has 1 N–H and O–H groups in total. The standard InChI is InChI=1S/C29H28F3NO3/c1-5-6-21(15-26(28(34)35)25-16-23(29(30,31)32)11-7-19(25)4)27-14-10-22(17-33-27)20-8-12-24(13-9-20)36-18(2)3/h6-18H,5H2,1-4H3,(H,34,35)/b21-6-,26-15+. The Balaban J connectivity index is 1.98. The minimum atomic E-state index is -4.58. The third kappa shape index (κ3) is 6.62. The lowest BCUT2D eigenvalue weighted by Gasteiger charge is -2.13. The van der Waals surface area contributed by atoms with Gasteiger partial charge in [0.2, 0.25) is 0 Å². The summed E-state index contributed by atoms with van der Waals surface area (Å²) in [6, 6.07) is 14.4. The lowest BCUT2D eigenvalue weighted by Crippen LogP contribution is -2.08. The molecule has 36 heavy (non-hydrogen) atoms. The van der Waals surface area contributed by atoms with Crippen molar-refractivity contribution in [1.29, 1.82) is 0 Å². The number of allylic oxidation sites excluding steroid dienone is 3. The fourth-order valence-electron chi connectivity index (χ4n) is 3.69. The van der Waals surface area contributed by atoms with Crippen LogP contribution in [0.5, 0.6) is 5.75 Å². The van der Waals surface area contributed by atoms with Crippen LogP contribution in [0.2, 0.25) is 0 Å². The van der Waals surface area contributed by atoms with E-state index >= 15 is 0 Å². The van der Waals surface area contributed by atoms with Gasteiger partial charge in [0.05, 0.1) is 22.9 Å². The third-order valence-electron chi connectivity index (χ3n) is 5.43. The van der Waals surface area contributed by atoms with E-state index in [4.69, 9.17) is 4.74 Å². The lowest BCUT2D eigenvalue weighted by molar-refractivity contribution is -0.137. The quantitative estimate of drug-likeness (QED) is 0.256. The van der Waals surface area contributed by atoms with Crippen molar-refractivity contribution in [2.45, 2.75) is 46.4 Å². The maximum absolute atomic E-state index is 13.3. The summed E-state index contributed by atoms with van der Waals surface area (Å²) >= 11 is 0. The Labute approximate surface area is 208 Å². The van der Waals surface area contributed by atoms with Crippen LogP contribution in [-0.4, -0.2) is 22.2 Å². The first kappa shape index (κ1) is 26.7. The molecular formula is C29H28F3NO3. The van der Waals surface area contributed by atoms with Crippen molar-refractivity contribution in [2.24, 2.45) is 0 Å². The smallest absolute Gasteiger partial charge is 0.416 e. The van der Waals surface area contributed by atoms with Crippen LogP contribution >= 0.6 is 0 Å². The Hall–Kier alpha value is -3.87. The van der Waals surface area contributed by atoms with Crippen LogP contribution in [0.3, 0.4) is 0 Å². The summed E-state index contributed by atoms with van der Waals surface area (Å²) in [4.78, 5) is 16.6. The summed E-state index contributed by atoms with van der Waals surface area (Å²) in [6.07, 6.45) is 0.941. The highest BCUT2D eigenvalue weighted by molar-refractivity contribution is 6.18. The van der Waals surface area contributed by atoms with Gasteiger partial charge in [-0.1, -0.05) is 37.3 Å². The van der Waals surface area contributed by atoms with Gasteiger partial charge in [-0.2, -0.15) is 13.2 Å². The van der Waals surface area contributed by atoms with E-state index in [1.54, 1.807) is 25.3 Å². The Kier molecular flexibility index (Phi) is 8.35. The zero-order valence-electron chi connectivity index (χ0n) is 20.6. The number of halogens is 3. The molecule has 0 bridgehead atoms. The fourth-order valence-corrected chi connectivity index (χ4v) is 3.69. The van der Waals surface area contributed by atoms with Crippen molar-refractivity contribution < 1.29 is 27.8 Å². The zero-order valence-corrected chi connectivity index (χ0v) is 20.6. The second-order valence-electron chi connectivity index (χ2n) is 8.58. The topological polar surface area (TPSA) is 59.4 Å². The number of aromatic nitrogens is 1. The molecule has 0 saturated heterocycles. The van der Waals surface area contributed by atoms with Gasteiger partial charge >= 0.3 is 12.1 Å². The molecule has 7 heteroatoms. The molecule has 0 amide bonds. The number of carboxylic acids is 1. The summed E-state index contributed by atoms with van der Waals surface area (Å²) in [5.41, 5.74) is 2.14. The molecule has 0 unspecified atom stereocenters. The summed E-state index contributed by atoms with van der Waals surface area (Å²) in [6.45, 7) is 7.38. The average Bonchev–Trinajstić information content (AvgIpc) is 2.82. The monoisotopic (exact) mass is 495 g/mol. The first-order valence-electron chi connectivity index (χ1n) is 11.6. The maximum Gasteiger partial charge on any atom is 0.416 e. The number of rotatable bonds is 8. The molecule has 0 aliphatic heterocycles. The van der Waals surface area contributed by atoms with Gasteiger partial charge in [0, 0.05) is 11.8 Å². The molecule has 1 heterocycles. The van der Waals surface area contributed by atoms with E-state index in [9.17, 15) is 23.1 Å². The molecule has 0 saturated carbocycles. The largest absolute Gasteiger partial charge is 0.491 e. The number of nitrogens with zero attached hydrogens (tertiary/aromatic N) is 1. The van der Waals surface area contributed by atoms with Gasteiger partial charge in [-0.05, 0) is 85.9 Å². The molecule has 2 aromatic carbocycles. The Morgan fingerprint density at radius 2 is 1.72 bits per heavy atom. The van der Waals surface area contributed by atoms with E-state index in [-0.39, 0.29) is 17.2 Å². The second kappa shape index (κ2) is 11.2. The molecule has 188 valence electrons. The van der Waals surface area contributed by atoms with Crippen LogP contribution in [0.1, 0.15) is 49.6 Å². The number of pyridine rings is 1. The number of benzene rings is 2. The van der Waals surface area contributed by atoms with E-state index in [1.807, 2.05) is 51.1 Å². The summed E-state index contributed by atoms with van der Waals surface area (Å²) in [7, 11) is 0. The number of aryl methyl sites for hydroxylation is 1. The molecule has 0 aliphatic carbocycles. The number of hydrogen-bond donors (Lipinski definition) is 1. The van der Waals surface area contributed by atoms with Gasteiger partial charge in [-0.25, -0.2) is 4.79 Å². The lowest BCUT2D eigenvalue weighted by atomic mass is 9.95. The SMILES string of the molecule is CC/C=C(/C=C(/C(=O)O)c1cc(C(F)(F)F)ccc1C)c1ccc(-c2ccc(OC(C)C)cc2)cn1. The van der Waals surface area contributed by atoms with Crippen molar-refractivity contribution in [1.82, 2.24) is 4.98 Å². The van der Waals surface area contributed by atoms with Crippen LogP contribution < -0.4 is 4.74 Å². The minimum absolute atomic E-state index is 0.0136. The maximum atomic E-state index is 13.3. The highest BCUT2D eigenvalue weighted by atomic mass is 19.4. The molecule has 1 aromatic heterocycles. The van der Waals surface area contributed by atoms with Gasteiger partial charge < -0.3 is 9.84 Å². The Bertz CT molecular complexity index is 1270. The third-order valence-corrected chi connectivity index (χ3v) is 5.43. The molecule has 0 spiro atoms. The predicted octanol–water partition coefficient (Wildman–Crippen LogP) is 7.82. The van der Waals surface area contributed by atoms with Crippen LogP contribution in [0.4, 0.5) is 13.2 Å². The van der Waals surface area contributed by atoms with Crippen molar-refractivity contribution in [3.05, 3.63) is 95.3 Å². The summed E-state index contributed by atoms with van der Waals surface area (Å²) < 4.78 is 45.5. The normalized spacial score (nSPS) is 12.7. The summed E-state index contributed by atoms with van der Waals surface area (Å²) in [5.74, 6) is -0.553. The first-order chi connectivity index (χ1) is 17.0. The van der Waals surface area contributed by atoms with Crippen molar-refractivity contribution in [2.75, 3.05) is 0 Å². The van der Waals surface area contributed by atoms with E-state index in [1.165, 1.54) is 12.1 Å². The fraction of sp³-hybridized carbons (Fsp3) is 0.241.